The van der Waals surface area contributed by atoms with Crippen LogP contribution < -0.4 is 9.47 Å². The molecular weight excluding hydrogens is 591 g/mol. The van der Waals surface area contributed by atoms with E-state index in [1.165, 1.54) is 15.7 Å². The van der Waals surface area contributed by atoms with Crippen LogP contribution in [0.1, 0.15) is 23.6 Å². The van der Waals surface area contributed by atoms with Crippen LogP contribution in [0.25, 0.3) is 0 Å². The van der Waals surface area contributed by atoms with Crippen molar-refractivity contribution in [1.29, 1.82) is 0 Å². The quantitative estimate of drug-likeness (QED) is 0.113. The van der Waals surface area contributed by atoms with Crippen LogP contribution in [-0.2, 0) is 18.1 Å². The van der Waals surface area contributed by atoms with E-state index in [1.807, 2.05) is 43.3 Å². The molecule has 3 aromatic carbocycles. The number of nitro groups is 1. The Morgan fingerprint density at radius 2 is 1.84 bits per heavy atom. The summed E-state index contributed by atoms with van der Waals surface area (Å²) in [6.07, 6.45) is 1.55. The van der Waals surface area contributed by atoms with E-state index >= 15 is 0 Å². The lowest BCUT2D eigenvalue weighted by molar-refractivity contribution is -0.384. The zero-order valence-corrected chi connectivity index (χ0v) is 20.9. The number of nitrogens with zero attached hydrogens (tertiary/aromatic N) is 2. The summed E-state index contributed by atoms with van der Waals surface area (Å²) in [5.74, 6) is 1.20. The monoisotopic (exact) mass is 610 g/mol. The highest BCUT2D eigenvalue weighted by molar-refractivity contribution is 14.1. The van der Waals surface area contributed by atoms with E-state index in [0.717, 1.165) is 15.6 Å². The molecule has 0 amide bonds. The molecule has 0 saturated carbocycles. The van der Waals surface area contributed by atoms with Crippen molar-refractivity contribution in [2.24, 2.45) is 5.16 Å². The van der Waals surface area contributed by atoms with Crippen molar-refractivity contribution in [3.05, 3.63) is 95.5 Å². The van der Waals surface area contributed by atoms with Crippen molar-refractivity contribution < 1.29 is 19.2 Å². The fourth-order valence-electron chi connectivity index (χ4n) is 2.77. The van der Waals surface area contributed by atoms with E-state index in [0.29, 0.717) is 30.3 Å². The maximum atomic E-state index is 10.9. The van der Waals surface area contributed by atoms with Gasteiger partial charge in [-0.2, -0.15) is 0 Å². The molecule has 0 aliphatic rings. The zero-order chi connectivity index (χ0) is 22.9. The molecule has 0 radical (unpaired) electrons. The van der Waals surface area contributed by atoms with E-state index in [2.05, 4.69) is 43.7 Å². The van der Waals surface area contributed by atoms with Crippen LogP contribution in [0.4, 0.5) is 5.69 Å². The lowest BCUT2D eigenvalue weighted by Crippen LogP contribution is -2.01. The molecule has 0 saturated heterocycles. The van der Waals surface area contributed by atoms with E-state index < -0.39 is 4.92 Å². The normalized spacial score (nSPS) is 10.8. The molecule has 0 fully saturated rings. The summed E-state index contributed by atoms with van der Waals surface area (Å²) < 4.78 is 13.7. The molecule has 32 heavy (non-hydrogen) atoms. The summed E-state index contributed by atoms with van der Waals surface area (Å²) in [5.41, 5.74) is 2.48. The fourth-order valence-corrected chi connectivity index (χ4v) is 3.71. The van der Waals surface area contributed by atoms with Crippen LogP contribution in [0, 0.1) is 13.7 Å². The van der Waals surface area contributed by atoms with Gasteiger partial charge in [-0.3, -0.25) is 10.1 Å². The van der Waals surface area contributed by atoms with Crippen molar-refractivity contribution in [1.82, 2.24) is 0 Å². The highest BCUT2D eigenvalue weighted by Crippen LogP contribution is 2.37. The molecule has 7 nitrogen and oxygen atoms in total. The van der Waals surface area contributed by atoms with Gasteiger partial charge in [-0.15, -0.1) is 0 Å². The minimum Gasteiger partial charge on any atom is -0.490 e. The topological polar surface area (TPSA) is 83.2 Å². The second kappa shape index (κ2) is 11.8. The molecule has 9 heteroatoms. The van der Waals surface area contributed by atoms with Crippen LogP contribution in [0.15, 0.2) is 70.3 Å². The van der Waals surface area contributed by atoms with Crippen molar-refractivity contribution in [2.75, 3.05) is 6.61 Å². The molecule has 0 aliphatic heterocycles. The van der Waals surface area contributed by atoms with Gasteiger partial charge in [-0.1, -0.05) is 29.4 Å². The minimum atomic E-state index is -0.443. The Morgan fingerprint density at radius 1 is 1.06 bits per heavy atom. The lowest BCUT2D eigenvalue weighted by Gasteiger charge is -2.14. The Kier molecular flexibility index (Phi) is 8.86. The molecule has 0 unspecified atom stereocenters. The molecule has 3 rings (SSSR count). The third-order valence-corrected chi connectivity index (χ3v) is 5.57. The fraction of sp³-hybridized carbons (Fsp3) is 0.174. The molecular formula is C23H20BrIN2O5. The molecule has 0 spiro atoms. The zero-order valence-electron chi connectivity index (χ0n) is 17.2. The average Bonchev–Trinajstić information content (AvgIpc) is 2.78. The van der Waals surface area contributed by atoms with Crippen molar-refractivity contribution in [2.45, 2.75) is 20.1 Å². The number of halogens is 2. The molecule has 0 heterocycles. The van der Waals surface area contributed by atoms with E-state index in [4.69, 9.17) is 14.3 Å². The van der Waals surface area contributed by atoms with Crippen molar-refractivity contribution >= 4 is 50.4 Å². The minimum absolute atomic E-state index is 0.0150. The molecule has 166 valence electrons. The van der Waals surface area contributed by atoms with Crippen LogP contribution in [-0.4, -0.2) is 17.7 Å². The number of nitro benzene ring substituents is 1. The predicted octanol–water partition coefficient (Wildman–Crippen LogP) is 6.49. The molecule has 0 atom stereocenters. The largest absolute Gasteiger partial charge is 0.490 e. The van der Waals surface area contributed by atoms with Gasteiger partial charge in [0.1, 0.15) is 13.2 Å². The summed E-state index contributed by atoms with van der Waals surface area (Å²) in [5, 5.41) is 14.8. The van der Waals surface area contributed by atoms with E-state index in [-0.39, 0.29) is 12.3 Å². The van der Waals surface area contributed by atoms with Gasteiger partial charge in [0.15, 0.2) is 11.5 Å². The Morgan fingerprint density at radius 3 is 2.56 bits per heavy atom. The van der Waals surface area contributed by atoms with Crippen LogP contribution in [0.2, 0.25) is 0 Å². The summed E-state index contributed by atoms with van der Waals surface area (Å²) >= 11 is 5.81. The Labute approximate surface area is 207 Å². The molecule has 0 aromatic heterocycles. The number of non-ortho nitro benzene ring substituents is 1. The van der Waals surface area contributed by atoms with Gasteiger partial charge in [0.2, 0.25) is 0 Å². The summed E-state index contributed by atoms with van der Waals surface area (Å²) in [4.78, 5) is 15.7. The standard InChI is InChI=1S/C23H20BrIN2O5/c1-2-30-22-12-18(13-26-32-15-17-4-3-5-20(10-17)27(28)29)11-21(24)23(22)31-14-16-6-8-19(25)9-7-16/h3-13H,2,14-15H2,1H3/b26-13-. The average molecular weight is 611 g/mol. The maximum absolute atomic E-state index is 10.9. The van der Waals surface area contributed by atoms with Crippen molar-refractivity contribution in [3.8, 4) is 11.5 Å². The smallest absolute Gasteiger partial charge is 0.269 e. The second-order valence-electron chi connectivity index (χ2n) is 6.61. The molecule has 0 aliphatic carbocycles. The number of oxime groups is 1. The molecule has 0 N–H and O–H groups in total. The number of rotatable bonds is 10. The number of hydrogen-bond donors (Lipinski definition) is 0. The SMILES string of the molecule is CCOc1cc(/C=N\OCc2cccc([N+](=O)[O-])c2)cc(Br)c1OCc1ccc(I)cc1. The third-order valence-electron chi connectivity index (χ3n) is 4.26. The number of benzene rings is 3. The van der Waals surface area contributed by atoms with Gasteiger partial charge in [0.05, 0.1) is 22.2 Å². The Balaban J connectivity index is 1.67. The Bertz CT molecular complexity index is 1110. The van der Waals surface area contributed by atoms with Gasteiger partial charge < -0.3 is 14.3 Å². The van der Waals surface area contributed by atoms with Gasteiger partial charge in [0.25, 0.3) is 5.69 Å². The first-order chi connectivity index (χ1) is 15.5. The first kappa shape index (κ1) is 24.0. The van der Waals surface area contributed by atoms with Crippen LogP contribution in [0.3, 0.4) is 0 Å². The number of hydrogen-bond acceptors (Lipinski definition) is 6. The van der Waals surface area contributed by atoms with E-state index in [1.54, 1.807) is 18.3 Å². The summed E-state index contributed by atoms with van der Waals surface area (Å²) in [6.45, 7) is 2.92. The van der Waals surface area contributed by atoms with Gasteiger partial charge in [-0.05, 0) is 80.8 Å². The summed E-state index contributed by atoms with van der Waals surface area (Å²) in [6, 6.07) is 18.0. The predicted molar refractivity (Wildman–Crippen MR) is 134 cm³/mol. The van der Waals surface area contributed by atoms with Gasteiger partial charge in [-0.25, -0.2) is 0 Å². The van der Waals surface area contributed by atoms with E-state index in [9.17, 15) is 10.1 Å². The van der Waals surface area contributed by atoms with Crippen LogP contribution in [0.5, 0.6) is 11.5 Å². The first-order valence-corrected chi connectivity index (χ1v) is 11.6. The highest BCUT2D eigenvalue weighted by Gasteiger charge is 2.12. The maximum Gasteiger partial charge on any atom is 0.269 e. The summed E-state index contributed by atoms with van der Waals surface area (Å²) in [7, 11) is 0. The molecule has 0 bridgehead atoms. The number of ether oxygens (including phenoxy) is 2. The third kappa shape index (κ3) is 6.92. The lowest BCUT2D eigenvalue weighted by atomic mass is 10.2. The molecule has 3 aromatic rings. The first-order valence-electron chi connectivity index (χ1n) is 9.68. The van der Waals surface area contributed by atoms with Gasteiger partial charge in [0, 0.05) is 21.3 Å². The van der Waals surface area contributed by atoms with Crippen molar-refractivity contribution in [3.63, 3.8) is 0 Å². The Hall–Kier alpha value is -2.66. The second-order valence-corrected chi connectivity index (χ2v) is 8.71. The van der Waals surface area contributed by atoms with Crippen LogP contribution >= 0.6 is 38.5 Å². The van der Waals surface area contributed by atoms with Gasteiger partial charge >= 0.3 is 0 Å². The highest BCUT2D eigenvalue weighted by atomic mass is 127.